The average Bonchev–Trinajstić information content (AvgIpc) is 3.37. The first-order valence-electron chi connectivity index (χ1n) is 11.3. The maximum atomic E-state index is 13.9. The second-order valence-electron chi connectivity index (χ2n) is 9.36. The van der Waals surface area contributed by atoms with Crippen LogP contribution in [0.5, 0.6) is 5.75 Å². The Kier molecular flexibility index (Phi) is 5.02. The van der Waals surface area contributed by atoms with Crippen LogP contribution < -0.4 is 9.64 Å². The highest BCUT2D eigenvalue weighted by atomic mass is 16.5. The van der Waals surface area contributed by atoms with Crippen molar-refractivity contribution in [1.82, 2.24) is 9.80 Å². The van der Waals surface area contributed by atoms with Crippen LogP contribution in [0.4, 0.5) is 5.69 Å². The number of ether oxygens (including phenoxy) is 1. The highest BCUT2D eigenvalue weighted by Crippen LogP contribution is 2.53. The smallest absolute Gasteiger partial charge is 0.296 e. The van der Waals surface area contributed by atoms with Gasteiger partial charge in [-0.15, -0.1) is 0 Å². The van der Waals surface area contributed by atoms with Crippen molar-refractivity contribution >= 4 is 29.0 Å². The van der Waals surface area contributed by atoms with Gasteiger partial charge in [-0.2, -0.15) is 0 Å². The van der Waals surface area contributed by atoms with Gasteiger partial charge in [-0.05, 0) is 50.8 Å². The van der Waals surface area contributed by atoms with Crippen molar-refractivity contribution in [3.63, 3.8) is 0 Å². The zero-order chi connectivity index (χ0) is 24.4. The van der Waals surface area contributed by atoms with E-state index in [4.69, 9.17) is 4.74 Å². The Morgan fingerprint density at radius 2 is 1.91 bits per heavy atom. The molecule has 5 rings (SSSR count). The number of aliphatic hydroxyl groups excluding tert-OH is 1. The number of nitrogens with zero attached hydrogens (tertiary/aromatic N) is 3. The normalized spacial score (nSPS) is 24.9. The number of Topliss-reactive ketones (excluding diaryl/α,β-unsaturated/α-hetero) is 1. The Balaban J connectivity index is 1.76. The minimum absolute atomic E-state index is 0.0135. The third-order valence-corrected chi connectivity index (χ3v) is 6.88. The SMILES string of the molecule is C[C@@H]1Cc2cc(C(O)=C3C(=O)C(=O)N(CCN(C)C)[C@]34C(=O)N(C)c3ccccc34)ccc2O1. The number of likely N-dealkylation sites (N-methyl/N-ethyl adjacent to an activating group) is 2. The van der Waals surface area contributed by atoms with E-state index in [0.717, 1.165) is 11.3 Å². The molecule has 1 spiro atoms. The van der Waals surface area contributed by atoms with Crippen LogP contribution in [0.1, 0.15) is 23.6 Å². The fourth-order valence-corrected chi connectivity index (χ4v) is 5.28. The summed E-state index contributed by atoms with van der Waals surface area (Å²) in [5, 5.41) is 11.5. The number of aliphatic hydroxyl groups is 1. The van der Waals surface area contributed by atoms with Crippen molar-refractivity contribution in [2.24, 2.45) is 0 Å². The Labute approximate surface area is 198 Å². The Hall–Kier alpha value is -3.65. The van der Waals surface area contributed by atoms with Gasteiger partial charge in [-0.3, -0.25) is 14.4 Å². The van der Waals surface area contributed by atoms with Crippen LogP contribution in [0.15, 0.2) is 48.0 Å². The van der Waals surface area contributed by atoms with Crippen LogP contribution in [0.25, 0.3) is 5.76 Å². The van der Waals surface area contributed by atoms with Gasteiger partial charge >= 0.3 is 0 Å². The summed E-state index contributed by atoms with van der Waals surface area (Å²) in [6, 6.07) is 12.3. The molecule has 2 amide bonds. The van der Waals surface area contributed by atoms with Crippen LogP contribution in [0.3, 0.4) is 0 Å². The van der Waals surface area contributed by atoms with Gasteiger partial charge in [-0.1, -0.05) is 18.2 Å². The Morgan fingerprint density at radius 1 is 1.18 bits per heavy atom. The first kappa shape index (κ1) is 22.2. The molecular formula is C26H27N3O5. The zero-order valence-electron chi connectivity index (χ0n) is 19.7. The number of carbonyl (C=O) groups is 3. The van der Waals surface area contributed by atoms with Gasteiger partial charge in [0.15, 0.2) is 5.54 Å². The van der Waals surface area contributed by atoms with Crippen LogP contribution in [0, 0.1) is 0 Å². The molecule has 0 aliphatic carbocycles. The summed E-state index contributed by atoms with van der Waals surface area (Å²) in [5.74, 6) is -1.72. The monoisotopic (exact) mass is 461 g/mol. The lowest BCUT2D eigenvalue weighted by Crippen LogP contribution is -2.52. The molecule has 8 nitrogen and oxygen atoms in total. The van der Waals surface area contributed by atoms with Crippen molar-refractivity contribution in [3.05, 3.63) is 64.7 Å². The van der Waals surface area contributed by atoms with Crippen LogP contribution in [-0.4, -0.2) is 72.8 Å². The molecule has 2 atom stereocenters. The number of amides is 2. The number of hydrogen-bond donors (Lipinski definition) is 1. The molecule has 0 aromatic heterocycles. The number of carbonyl (C=O) groups excluding carboxylic acids is 3. The zero-order valence-corrected chi connectivity index (χ0v) is 19.7. The van der Waals surface area contributed by atoms with Crippen LogP contribution in [0.2, 0.25) is 0 Å². The summed E-state index contributed by atoms with van der Waals surface area (Å²) in [5.41, 5.74) is 0.489. The second-order valence-corrected chi connectivity index (χ2v) is 9.36. The fraction of sp³-hybridized carbons (Fsp3) is 0.346. The van der Waals surface area contributed by atoms with Crippen LogP contribution >= 0.6 is 0 Å². The average molecular weight is 462 g/mol. The molecule has 3 aliphatic rings. The van der Waals surface area contributed by atoms with E-state index >= 15 is 0 Å². The minimum atomic E-state index is -1.72. The molecule has 3 heterocycles. The van der Waals surface area contributed by atoms with Gasteiger partial charge in [-0.25, -0.2) is 0 Å². The van der Waals surface area contributed by atoms with E-state index in [-0.39, 0.29) is 24.0 Å². The maximum absolute atomic E-state index is 13.9. The number of benzene rings is 2. The summed E-state index contributed by atoms with van der Waals surface area (Å²) in [6.45, 7) is 2.55. The van der Waals surface area contributed by atoms with Gasteiger partial charge in [0, 0.05) is 43.4 Å². The van der Waals surface area contributed by atoms with Gasteiger partial charge in [0.25, 0.3) is 17.6 Å². The standard InChI is InChI=1S/C26H27N3O5/c1-15-13-17-14-16(9-10-20(17)34-15)22(30)21-23(31)24(32)29(12-11-27(2)3)26(21)18-7-5-6-8-19(18)28(4)25(26)33/h5-10,14-15,30H,11-13H2,1-4H3/t15-,26+/m1/s1. The molecule has 1 fully saturated rings. The van der Waals surface area contributed by atoms with Gasteiger partial charge < -0.3 is 24.5 Å². The van der Waals surface area contributed by atoms with Gasteiger partial charge in [0.05, 0.1) is 5.57 Å². The molecule has 0 bridgehead atoms. The number of ketones is 1. The molecule has 8 heteroatoms. The molecule has 3 aliphatic heterocycles. The minimum Gasteiger partial charge on any atom is -0.507 e. The molecule has 0 saturated carbocycles. The first-order valence-corrected chi connectivity index (χ1v) is 11.3. The lowest BCUT2D eigenvalue weighted by atomic mass is 9.81. The third kappa shape index (κ3) is 2.91. The summed E-state index contributed by atoms with van der Waals surface area (Å²) in [7, 11) is 5.33. The molecule has 0 unspecified atom stereocenters. The highest BCUT2D eigenvalue weighted by Gasteiger charge is 2.66. The van der Waals surface area contributed by atoms with E-state index in [1.54, 1.807) is 49.5 Å². The van der Waals surface area contributed by atoms with E-state index in [9.17, 15) is 19.5 Å². The van der Waals surface area contributed by atoms with E-state index in [1.165, 1.54) is 9.80 Å². The quantitative estimate of drug-likeness (QED) is 0.426. The molecule has 0 radical (unpaired) electrons. The van der Waals surface area contributed by atoms with Crippen molar-refractivity contribution < 1.29 is 24.2 Å². The molecular weight excluding hydrogens is 434 g/mol. The number of anilines is 1. The van der Waals surface area contributed by atoms with E-state index < -0.39 is 23.1 Å². The summed E-state index contributed by atoms with van der Waals surface area (Å²) < 4.78 is 5.76. The number of fused-ring (bicyclic) bond motifs is 3. The molecule has 34 heavy (non-hydrogen) atoms. The van der Waals surface area contributed by atoms with Crippen molar-refractivity contribution in [2.75, 3.05) is 39.1 Å². The molecule has 176 valence electrons. The topological polar surface area (TPSA) is 90.4 Å². The van der Waals surface area contributed by atoms with E-state index in [1.807, 2.05) is 25.9 Å². The van der Waals surface area contributed by atoms with Crippen molar-refractivity contribution in [3.8, 4) is 5.75 Å². The molecule has 1 N–H and O–H groups in total. The number of para-hydroxylation sites is 1. The third-order valence-electron chi connectivity index (χ3n) is 6.88. The highest BCUT2D eigenvalue weighted by molar-refractivity contribution is 6.50. The second kappa shape index (κ2) is 7.70. The van der Waals surface area contributed by atoms with Gasteiger partial charge in [0.1, 0.15) is 17.6 Å². The lowest BCUT2D eigenvalue weighted by molar-refractivity contribution is -0.143. The van der Waals surface area contributed by atoms with Gasteiger partial charge in [0.2, 0.25) is 0 Å². The summed E-state index contributed by atoms with van der Waals surface area (Å²) in [6.07, 6.45) is 0.683. The van der Waals surface area contributed by atoms with E-state index in [0.29, 0.717) is 29.8 Å². The predicted octanol–water partition coefficient (Wildman–Crippen LogP) is 2.12. The number of likely N-dealkylation sites (tertiary alicyclic amines) is 1. The summed E-state index contributed by atoms with van der Waals surface area (Å²) in [4.78, 5) is 45.4. The van der Waals surface area contributed by atoms with Crippen molar-refractivity contribution in [1.29, 1.82) is 0 Å². The summed E-state index contributed by atoms with van der Waals surface area (Å²) >= 11 is 0. The van der Waals surface area contributed by atoms with Crippen molar-refractivity contribution in [2.45, 2.75) is 25.0 Å². The Morgan fingerprint density at radius 3 is 2.65 bits per heavy atom. The Bertz CT molecular complexity index is 1270. The fourth-order valence-electron chi connectivity index (χ4n) is 5.28. The predicted molar refractivity (Wildman–Crippen MR) is 127 cm³/mol. The maximum Gasteiger partial charge on any atom is 0.296 e. The number of hydrogen-bond acceptors (Lipinski definition) is 6. The molecule has 1 saturated heterocycles. The van der Waals surface area contributed by atoms with E-state index in [2.05, 4.69) is 0 Å². The largest absolute Gasteiger partial charge is 0.507 e. The number of rotatable bonds is 4. The lowest BCUT2D eigenvalue weighted by Gasteiger charge is -2.34. The molecule has 2 aromatic carbocycles. The molecule has 2 aromatic rings. The van der Waals surface area contributed by atoms with Crippen LogP contribution in [-0.2, 0) is 26.3 Å². The first-order chi connectivity index (χ1) is 16.2.